The van der Waals surface area contributed by atoms with Crippen molar-refractivity contribution >= 4 is 17.1 Å². The Labute approximate surface area is 139 Å². The number of carbonyl (C=O) groups excluding carboxylic acids is 1. The van der Waals surface area contributed by atoms with Crippen molar-refractivity contribution in [2.24, 2.45) is 0 Å². The van der Waals surface area contributed by atoms with Crippen molar-refractivity contribution in [1.82, 2.24) is 14.5 Å². The number of carbonyl (C=O) groups is 1. The minimum Gasteiger partial charge on any atom is -0.466 e. The maximum Gasteiger partial charge on any atom is 0.328 e. The van der Waals surface area contributed by atoms with Crippen LogP contribution in [-0.2, 0) is 9.53 Å². The Morgan fingerprint density at radius 1 is 1.25 bits per heavy atom. The topological polar surface area (TPSA) is 77.0 Å². The van der Waals surface area contributed by atoms with Gasteiger partial charge in [-0.3, -0.25) is 9.36 Å². The second-order valence-corrected chi connectivity index (χ2v) is 5.56. The summed E-state index contributed by atoms with van der Waals surface area (Å²) < 4.78 is 6.62. The molecule has 6 heteroatoms. The first-order chi connectivity index (χ1) is 11.6. The minimum atomic E-state index is -0.471. The van der Waals surface area contributed by atoms with E-state index in [1.807, 2.05) is 49.4 Å². The van der Waals surface area contributed by atoms with Crippen molar-refractivity contribution in [2.45, 2.75) is 26.3 Å². The van der Waals surface area contributed by atoms with Gasteiger partial charge >= 0.3 is 11.7 Å². The van der Waals surface area contributed by atoms with Crippen LogP contribution in [0.15, 0.2) is 47.3 Å². The van der Waals surface area contributed by atoms with Gasteiger partial charge in [0.2, 0.25) is 0 Å². The van der Waals surface area contributed by atoms with Gasteiger partial charge in [0.25, 0.3) is 0 Å². The van der Waals surface area contributed by atoms with Crippen molar-refractivity contribution in [1.29, 1.82) is 0 Å². The molecular formula is C18H19N3O3. The fourth-order valence-electron chi connectivity index (χ4n) is 2.80. The Hall–Kier alpha value is -2.89. The maximum atomic E-state index is 12.5. The molecule has 2 heterocycles. The number of hydrogen-bond acceptors (Lipinski definition) is 4. The van der Waals surface area contributed by atoms with Gasteiger partial charge in [-0.1, -0.05) is 30.3 Å². The number of aryl methyl sites for hydroxylation is 1. The van der Waals surface area contributed by atoms with Crippen molar-refractivity contribution in [3.8, 4) is 0 Å². The van der Waals surface area contributed by atoms with Crippen LogP contribution >= 0.6 is 0 Å². The van der Waals surface area contributed by atoms with E-state index in [1.54, 1.807) is 6.92 Å². The Bertz CT molecular complexity index is 912. The van der Waals surface area contributed by atoms with Gasteiger partial charge < -0.3 is 9.72 Å². The van der Waals surface area contributed by atoms with Gasteiger partial charge in [-0.15, -0.1) is 0 Å². The van der Waals surface area contributed by atoms with Crippen molar-refractivity contribution < 1.29 is 9.53 Å². The van der Waals surface area contributed by atoms with Gasteiger partial charge in [0.15, 0.2) is 5.65 Å². The molecule has 1 N–H and O–H groups in total. The predicted molar refractivity (Wildman–Crippen MR) is 90.9 cm³/mol. The molecule has 2 aromatic heterocycles. The largest absolute Gasteiger partial charge is 0.466 e. The van der Waals surface area contributed by atoms with E-state index in [1.165, 1.54) is 4.57 Å². The molecule has 0 fully saturated rings. The van der Waals surface area contributed by atoms with Crippen LogP contribution in [0.25, 0.3) is 11.2 Å². The monoisotopic (exact) mass is 325 g/mol. The molecule has 0 aliphatic rings. The third-order valence-electron chi connectivity index (χ3n) is 3.86. The fourth-order valence-corrected chi connectivity index (χ4v) is 2.80. The summed E-state index contributed by atoms with van der Waals surface area (Å²) in [5.74, 6) is -0.347. The molecule has 0 spiro atoms. The molecule has 3 rings (SSSR count). The van der Waals surface area contributed by atoms with Gasteiger partial charge in [0, 0.05) is 5.69 Å². The highest BCUT2D eigenvalue weighted by Crippen LogP contribution is 2.24. The SMILES string of the molecule is CCOC(=O)CC(c1ccccc1)n1c(=O)[nH]c2ccc(C)nc21. The number of ether oxygens (including phenoxy) is 1. The molecule has 124 valence electrons. The number of pyridine rings is 1. The van der Waals surface area contributed by atoms with E-state index in [2.05, 4.69) is 9.97 Å². The number of fused-ring (bicyclic) bond motifs is 1. The summed E-state index contributed by atoms with van der Waals surface area (Å²) >= 11 is 0. The summed E-state index contributed by atoms with van der Waals surface area (Å²) in [7, 11) is 0. The number of H-pyrrole nitrogens is 1. The number of esters is 1. The van der Waals surface area contributed by atoms with Crippen molar-refractivity contribution in [2.75, 3.05) is 6.61 Å². The molecule has 0 bridgehead atoms. The minimum absolute atomic E-state index is 0.0698. The van der Waals surface area contributed by atoms with E-state index in [9.17, 15) is 9.59 Å². The van der Waals surface area contributed by atoms with Gasteiger partial charge in [-0.2, -0.15) is 0 Å². The van der Waals surface area contributed by atoms with E-state index >= 15 is 0 Å². The van der Waals surface area contributed by atoms with Gasteiger partial charge in [-0.25, -0.2) is 9.78 Å². The summed E-state index contributed by atoms with van der Waals surface area (Å²) in [4.78, 5) is 31.9. The summed E-state index contributed by atoms with van der Waals surface area (Å²) in [5, 5.41) is 0. The van der Waals surface area contributed by atoms with Gasteiger partial charge in [0.1, 0.15) is 0 Å². The zero-order chi connectivity index (χ0) is 17.1. The van der Waals surface area contributed by atoms with E-state index < -0.39 is 6.04 Å². The van der Waals surface area contributed by atoms with Crippen LogP contribution in [-0.4, -0.2) is 27.1 Å². The number of hydrogen-bond donors (Lipinski definition) is 1. The summed E-state index contributed by atoms with van der Waals surface area (Å²) in [6, 6.07) is 12.6. The highest BCUT2D eigenvalue weighted by Gasteiger charge is 2.23. The summed E-state index contributed by atoms with van der Waals surface area (Å²) in [6.45, 7) is 3.93. The predicted octanol–water partition coefficient (Wildman–Crippen LogP) is 2.58. The summed E-state index contributed by atoms with van der Waals surface area (Å²) in [5.41, 5.74) is 2.56. The van der Waals surface area contributed by atoms with E-state index in [-0.39, 0.29) is 18.1 Å². The number of aromatic amines is 1. The third-order valence-corrected chi connectivity index (χ3v) is 3.86. The first kappa shape index (κ1) is 16.0. The van der Waals surface area contributed by atoms with Gasteiger partial charge in [0.05, 0.1) is 24.6 Å². The molecule has 0 saturated heterocycles. The molecule has 3 aromatic rings. The van der Waals surface area contributed by atoms with Crippen LogP contribution in [0.4, 0.5) is 0 Å². The smallest absolute Gasteiger partial charge is 0.328 e. The second kappa shape index (κ2) is 6.70. The Morgan fingerprint density at radius 3 is 2.71 bits per heavy atom. The molecule has 1 unspecified atom stereocenters. The number of benzene rings is 1. The number of nitrogens with one attached hydrogen (secondary N) is 1. The lowest BCUT2D eigenvalue weighted by Gasteiger charge is -2.18. The van der Waals surface area contributed by atoms with E-state index in [4.69, 9.17) is 4.74 Å². The third kappa shape index (κ3) is 3.08. The molecule has 1 aromatic carbocycles. The molecule has 1 atom stereocenters. The lowest BCUT2D eigenvalue weighted by molar-refractivity contribution is -0.143. The maximum absolute atomic E-state index is 12.5. The van der Waals surface area contributed by atoms with E-state index in [0.29, 0.717) is 17.8 Å². The van der Waals surface area contributed by atoms with Crippen LogP contribution in [0.3, 0.4) is 0 Å². The number of rotatable bonds is 5. The Morgan fingerprint density at radius 2 is 2.00 bits per heavy atom. The van der Waals surface area contributed by atoms with Crippen LogP contribution in [0, 0.1) is 6.92 Å². The first-order valence-electron chi connectivity index (χ1n) is 7.88. The van der Waals surface area contributed by atoms with Gasteiger partial charge in [-0.05, 0) is 31.5 Å². The second-order valence-electron chi connectivity index (χ2n) is 5.56. The Balaban J connectivity index is 2.15. The molecule has 0 saturated carbocycles. The zero-order valence-corrected chi connectivity index (χ0v) is 13.7. The van der Waals surface area contributed by atoms with Crippen LogP contribution in [0.1, 0.15) is 30.6 Å². The molecule has 0 aliphatic carbocycles. The molecule has 24 heavy (non-hydrogen) atoms. The standard InChI is InChI=1S/C18H19N3O3/c1-3-24-16(22)11-15(13-7-5-4-6-8-13)21-17-14(20-18(21)23)10-9-12(2)19-17/h4-10,15H,3,11H2,1-2H3,(H,20,23). The molecule has 0 radical (unpaired) electrons. The average molecular weight is 325 g/mol. The number of nitrogens with zero attached hydrogens (tertiary/aromatic N) is 2. The van der Waals surface area contributed by atoms with Crippen LogP contribution in [0.5, 0.6) is 0 Å². The lowest BCUT2D eigenvalue weighted by Crippen LogP contribution is -2.26. The first-order valence-corrected chi connectivity index (χ1v) is 7.88. The zero-order valence-electron chi connectivity index (χ0n) is 13.7. The molecule has 0 aliphatic heterocycles. The lowest BCUT2D eigenvalue weighted by atomic mass is 10.0. The van der Waals surface area contributed by atoms with E-state index in [0.717, 1.165) is 11.3 Å². The van der Waals surface area contributed by atoms with Crippen molar-refractivity contribution in [3.05, 3.63) is 64.2 Å². The highest BCUT2D eigenvalue weighted by atomic mass is 16.5. The molecule has 6 nitrogen and oxygen atoms in total. The van der Waals surface area contributed by atoms with Crippen LogP contribution in [0.2, 0.25) is 0 Å². The molecule has 0 amide bonds. The highest BCUT2D eigenvalue weighted by molar-refractivity contribution is 5.73. The quantitative estimate of drug-likeness (QED) is 0.731. The average Bonchev–Trinajstić information content (AvgIpc) is 2.89. The van der Waals surface area contributed by atoms with Crippen molar-refractivity contribution in [3.63, 3.8) is 0 Å². The Kier molecular flexibility index (Phi) is 4.46. The van der Waals surface area contributed by atoms with Crippen LogP contribution < -0.4 is 5.69 Å². The normalized spacial score (nSPS) is 12.2. The fraction of sp³-hybridized carbons (Fsp3) is 0.278. The summed E-state index contributed by atoms with van der Waals surface area (Å²) in [6.07, 6.45) is 0.0698. The molecular weight excluding hydrogens is 306 g/mol. The number of imidazole rings is 1. The number of aromatic nitrogens is 3.